The maximum Gasteiger partial charge on any atom is 0.321 e. The van der Waals surface area contributed by atoms with Crippen LogP contribution in [0.3, 0.4) is 0 Å². The van der Waals surface area contributed by atoms with E-state index < -0.39 is 72.8 Å². The molecule has 6 N–H and O–H groups in total. The molecule has 0 aromatic rings. The van der Waals surface area contributed by atoms with Gasteiger partial charge in [0.15, 0.2) is 0 Å². The summed E-state index contributed by atoms with van der Waals surface area (Å²) in [5.74, 6) is -7.87. The largest absolute Gasteiger partial charge is 0.481 e. The van der Waals surface area contributed by atoms with Gasteiger partial charge < -0.3 is 40.1 Å². The first-order chi connectivity index (χ1) is 22.7. The summed E-state index contributed by atoms with van der Waals surface area (Å²) in [5.41, 5.74) is 0. The summed E-state index contributed by atoms with van der Waals surface area (Å²) in [4.78, 5) is 99.0. The van der Waals surface area contributed by atoms with Crippen molar-refractivity contribution < 1.29 is 78.5 Å². The normalized spacial score (nSPS) is 18.5. The zero-order valence-corrected chi connectivity index (χ0v) is 26.3. The van der Waals surface area contributed by atoms with E-state index in [1.165, 1.54) is 19.6 Å². The highest BCUT2D eigenvalue weighted by Crippen LogP contribution is 2.17. The number of rotatable bonds is 22. The maximum atomic E-state index is 12.3. The van der Waals surface area contributed by atoms with Gasteiger partial charge in [0.1, 0.15) is 24.2 Å². The number of nitrogens with zero attached hydrogens (tertiary/aromatic N) is 4. The summed E-state index contributed by atoms with van der Waals surface area (Å²) in [6, 6.07) is -5.29. The molecule has 1 heterocycles. The molecule has 4 atom stereocenters. The fourth-order valence-electron chi connectivity index (χ4n) is 5.55. The predicted molar refractivity (Wildman–Crippen MR) is 159 cm³/mol. The molecular formula is C28H44N4O16. The Hall–Kier alpha value is -4.40. The van der Waals surface area contributed by atoms with Crippen molar-refractivity contribution in [1.29, 1.82) is 0 Å². The molecule has 0 spiro atoms. The summed E-state index contributed by atoms with van der Waals surface area (Å²) in [6.07, 6.45) is -2.06. The third-order valence-electron chi connectivity index (χ3n) is 8.02. The van der Waals surface area contributed by atoms with Gasteiger partial charge in [0.2, 0.25) is 0 Å². The second-order valence-electron chi connectivity index (χ2n) is 10.9. The lowest BCUT2D eigenvalue weighted by atomic mass is 10.1. The lowest BCUT2D eigenvalue weighted by Gasteiger charge is -2.39. The summed E-state index contributed by atoms with van der Waals surface area (Å²) < 4.78 is 9.37. The van der Waals surface area contributed by atoms with Gasteiger partial charge >= 0.3 is 35.8 Å². The lowest BCUT2D eigenvalue weighted by Crippen LogP contribution is -2.56. The van der Waals surface area contributed by atoms with E-state index in [4.69, 9.17) is 0 Å². The molecule has 1 rings (SSSR count). The highest BCUT2D eigenvalue weighted by atomic mass is 16.5. The number of ether oxygens (including phenoxy) is 2. The van der Waals surface area contributed by atoms with Crippen LogP contribution >= 0.6 is 0 Å². The first kappa shape index (κ1) is 41.6. The van der Waals surface area contributed by atoms with E-state index in [0.29, 0.717) is 0 Å². The first-order valence-electron chi connectivity index (χ1n) is 15.1. The van der Waals surface area contributed by atoms with E-state index in [1.807, 2.05) is 0 Å². The third kappa shape index (κ3) is 15.0. The summed E-state index contributed by atoms with van der Waals surface area (Å²) in [7, 11) is 0. The van der Waals surface area contributed by atoms with E-state index in [0.717, 1.165) is 0 Å². The molecule has 20 heteroatoms. The molecule has 272 valence electrons. The van der Waals surface area contributed by atoms with E-state index in [1.54, 1.807) is 0 Å². The second-order valence-corrected chi connectivity index (χ2v) is 10.9. The topological polar surface area (TPSA) is 289 Å². The van der Waals surface area contributed by atoms with Crippen LogP contribution in [0.1, 0.15) is 38.5 Å². The molecule has 0 radical (unpaired) electrons. The first-order valence-corrected chi connectivity index (χ1v) is 15.1. The van der Waals surface area contributed by atoms with Gasteiger partial charge in [-0.2, -0.15) is 0 Å². The zero-order chi connectivity index (χ0) is 36.2. The number of carboxylic acids is 6. The molecule has 1 saturated heterocycles. The van der Waals surface area contributed by atoms with E-state index in [9.17, 15) is 69.0 Å². The number of carbonyl (C=O) groups is 8. The van der Waals surface area contributed by atoms with Gasteiger partial charge in [-0.1, -0.05) is 0 Å². The minimum absolute atomic E-state index is 0.113. The average molecular weight is 693 g/mol. The van der Waals surface area contributed by atoms with Crippen LogP contribution in [-0.2, 0) is 47.8 Å². The van der Waals surface area contributed by atoms with E-state index in [-0.39, 0.29) is 104 Å². The Bertz CT molecular complexity index is 1020. The molecule has 0 aromatic carbocycles. The lowest BCUT2D eigenvalue weighted by molar-refractivity contribution is -0.149. The fraction of sp³-hybridized carbons (Fsp3) is 0.714. The minimum Gasteiger partial charge on any atom is -0.481 e. The maximum absolute atomic E-state index is 12.3. The number of carboxylic acid groups (broad SMARTS) is 6. The molecule has 0 amide bonds. The summed E-state index contributed by atoms with van der Waals surface area (Å²) >= 11 is 0. The Labute approximate surface area is 275 Å². The predicted octanol–water partition coefficient (Wildman–Crippen LogP) is -2.12. The van der Waals surface area contributed by atoms with E-state index >= 15 is 0 Å². The Kier molecular flexibility index (Phi) is 19.3. The van der Waals surface area contributed by atoms with Crippen molar-refractivity contribution in [1.82, 2.24) is 19.6 Å². The fourth-order valence-corrected chi connectivity index (χ4v) is 5.55. The molecule has 48 heavy (non-hydrogen) atoms. The van der Waals surface area contributed by atoms with Crippen LogP contribution in [-0.4, -0.2) is 189 Å². The molecule has 1 aliphatic heterocycles. The van der Waals surface area contributed by atoms with Crippen LogP contribution in [0.5, 0.6) is 0 Å². The minimum atomic E-state index is -1.37. The summed E-state index contributed by atoms with van der Waals surface area (Å²) in [5, 5.41) is 58.6. The molecule has 0 aromatic heterocycles. The van der Waals surface area contributed by atoms with E-state index in [2.05, 4.69) is 9.47 Å². The molecule has 0 bridgehead atoms. The van der Waals surface area contributed by atoms with Crippen LogP contribution in [0, 0.1) is 0 Å². The Balaban J connectivity index is 3.66. The molecule has 1 fully saturated rings. The summed E-state index contributed by atoms with van der Waals surface area (Å²) in [6.45, 7) is -1.37. The van der Waals surface area contributed by atoms with Crippen LogP contribution in [0.25, 0.3) is 0 Å². The third-order valence-corrected chi connectivity index (χ3v) is 8.02. The van der Waals surface area contributed by atoms with Crippen molar-refractivity contribution >= 4 is 48.8 Å². The molecule has 4 unspecified atom stereocenters. The number of carbonyl (C=O) groups excluding carboxylic acids is 2. The van der Waals surface area contributed by atoms with Crippen molar-refractivity contribution in [3.05, 3.63) is 0 Å². The molecular weight excluding hydrogens is 648 g/mol. The Morgan fingerprint density at radius 3 is 0.875 bits per heavy atom. The van der Waals surface area contributed by atoms with Crippen molar-refractivity contribution in [2.45, 2.75) is 62.7 Å². The van der Waals surface area contributed by atoms with Crippen LogP contribution in [0.4, 0.5) is 0 Å². The number of aliphatic carboxylic acids is 6. The second kappa shape index (κ2) is 22.2. The zero-order valence-electron chi connectivity index (χ0n) is 26.3. The average Bonchev–Trinajstić information content (AvgIpc) is 2.99. The standard InChI is InChI=1S/C28H44N4O16/c33-17-47-15-5-21(27(43)44)31-11-9-29(19(25(39)40)1-3-23(35)36)7-8-30(20(26(41)42)2-4-24(37)38)10-12-32(14-13-31)22(28(45)46)6-16-48-18-34/h17-22H,1-16H2,(H,35,36)(H,37,38)(H,39,40)(H,41,42)(H,43,44)(H,45,46). The van der Waals surface area contributed by atoms with Gasteiger partial charge in [-0.05, 0) is 12.8 Å². The molecule has 0 saturated carbocycles. The quantitative estimate of drug-likeness (QED) is 0.0522. The van der Waals surface area contributed by atoms with Gasteiger partial charge in [0, 0.05) is 78.0 Å². The van der Waals surface area contributed by atoms with Crippen LogP contribution in [0.2, 0.25) is 0 Å². The molecule has 1 aliphatic rings. The van der Waals surface area contributed by atoms with Gasteiger partial charge in [0.05, 0.1) is 13.2 Å². The van der Waals surface area contributed by atoms with Crippen LogP contribution in [0.15, 0.2) is 0 Å². The number of hydrogen-bond acceptors (Lipinski definition) is 14. The van der Waals surface area contributed by atoms with Gasteiger partial charge in [-0.25, -0.2) is 0 Å². The highest BCUT2D eigenvalue weighted by molar-refractivity contribution is 5.76. The van der Waals surface area contributed by atoms with Crippen LogP contribution < -0.4 is 0 Å². The van der Waals surface area contributed by atoms with Crippen molar-refractivity contribution in [2.24, 2.45) is 0 Å². The Morgan fingerprint density at radius 2 is 0.688 bits per heavy atom. The highest BCUT2D eigenvalue weighted by Gasteiger charge is 2.35. The SMILES string of the molecule is O=COCCC(C(=O)O)N1CCN(C(CCOC=O)C(=O)O)CCN(C(CCC(=O)O)C(=O)O)CCN(C(CCC(=O)O)C(=O)O)CC1. The van der Waals surface area contributed by atoms with Crippen molar-refractivity contribution in [2.75, 3.05) is 65.6 Å². The van der Waals surface area contributed by atoms with Crippen molar-refractivity contribution in [3.63, 3.8) is 0 Å². The molecule has 20 nitrogen and oxygen atoms in total. The smallest absolute Gasteiger partial charge is 0.321 e. The monoisotopic (exact) mass is 692 g/mol. The van der Waals surface area contributed by atoms with Crippen molar-refractivity contribution in [3.8, 4) is 0 Å². The number of hydrogen-bond donors (Lipinski definition) is 6. The van der Waals surface area contributed by atoms with Gasteiger partial charge in [0.25, 0.3) is 12.9 Å². The van der Waals surface area contributed by atoms with Gasteiger partial charge in [-0.15, -0.1) is 0 Å². The Morgan fingerprint density at radius 1 is 0.458 bits per heavy atom. The molecule has 0 aliphatic carbocycles. The van der Waals surface area contributed by atoms with Gasteiger partial charge in [-0.3, -0.25) is 58.0 Å².